The van der Waals surface area contributed by atoms with Crippen LogP contribution in [0.5, 0.6) is 0 Å². The molecule has 2 heterocycles. The van der Waals surface area contributed by atoms with Gasteiger partial charge in [0, 0.05) is 19.5 Å². The molecule has 0 bridgehead atoms. The fraction of sp³-hybridized carbons (Fsp3) is 0.571. The van der Waals surface area contributed by atoms with E-state index in [9.17, 15) is 31.5 Å². The van der Waals surface area contributed by atoms with E-state index in [-0.39, 0.29) is 31.8 Å². The molecule has 0 saturated carbocycles. The van der Waals surface area contributed by atoms with Crippen molar-refractivity contribution >= 4 is 11.8 Å². The summed E-state index contributed by atoms with van der Waals surface area (Å²) >= 11 is 0. The molecule has 0 saturated heterocycles. The maximum absolute atomic E-state index is 13.7. The van der Waals surface area contributed by atoms with Crippen LogP contribution in [0.1, 0.15) is 30.1 Å². The number of alkyl halides is 5. The Bertz CT molecular complexity index is 797. The molecule has 2 amide bonds. The Morgan fingerprint density at radius 3 is 2.41 bits per heavy atom. The molecule has 0 radical (unpaired) electrons. The van der Waals surface area contributed by atoms with Crippen molar-refractivity contribution in [2.24, 2.45) is 11.5 Å². The number of carbonyl (C=O) groups is 2. The number of nitriles is 1. The lowest BCUT2D eigenvalue weighted by Crippen LogP contribution is -2.47. The van der Waals surface area contributed by atoms with Crippen LogP contribution in [0.3, 0.4) is 0 Å². The lowest BCUT2D eigenvalue weighted by Gasteiger charge is -2.30. The van der Waals surface area contributed by atoms with Crippen molar-refractivity contribution in [3.8, 4) is 6.07 Å². The standard InChI is InChI=1S/C14H15F5N6O2/c15-13(16,14(17,18)19)11-8(5-20)25-4-3-24(6-10(25)23-11)12(27)7(21)1-2-9(22)26/h7H,1-4,6,21H2,(H2,22,26)/t7-/m0/s1. The quantitative estimate of drug-likeness (QED) is 0.696. The van der Waals surface area contributed by atoms with Gasteiger partial charge in [0.2, 0.25) is 11.8 Å². The lowest BCUT2D eigenvalue weighted by molar-refractivity contribution is -0.291. The number of nitrogens with zero attached hydrogens (tertiary/aromatic N) is 4. The smallest absolute Gasteiger partial charge is 0.370 e. The molecular weight excluding hydrogens is 379 g/mol. The van der Waals surface area contributed by atoms with Crippen molar-refractivity contribution in [3.63, 3.8) is 0 Å². The monoisotopic (exact) mass is 394 g/mol. The predicted octanol–water partition coefficient (Wildman–Crippen LogP) is 0.344. The molecule has 0 unspecified atom stereocenters. The molecule has 2 rings (SSSR count). The maximum Gasteiger partial charge on any atom is 0.459 e. The Morgan fingerprint density at radius 1 is 1.26 bits per heavy atom. The third kappa shape index (κ3) is 3.85. The number of carbonyl (C=O) groups excluding carboxylic acids is 2. The highest BCUT2D eigenvalue weighted by Crippen LogP contribution is 2.44. The van der Waals surface area contributed by atoms with Crippen molar-refractivity contribution in [2.75, 3.05) is 6.54 Å². The van der Waals surface area contributed by atoms with E-state index >= 15 is 0 Å². The maximum atomic E-state index is 13.7. The van der Waals surface area contributed by atoms with Crippen LogP contribution >= 0.6 is 0 Å². The van der Waals surface area contributed by atoms with Crippen LogP contribution in [-0.4, -0.2) is 45.0 Å². The molecule has 0 fully saturated rings. The SMILES string of the molecule is N#Cc1c(C(F)(F)C(F)(F)F)nc2n1CCN(C(=O)[C@@H](N)CCC(N)=O)C2. The fourth-order valence-corrected chi connectivity index (χ4v) is 2.64. The van der Waals surface area contributed by atoms with E-state index in [4.69, 9.17) is 16.7 Å². The molecule has 0 aromatic carbocycles. The molecule has 27 heavy (non-hydrogen) atoms. The van der Waals surface area contributed by atoms with E-state index in [1.165, 1.54) is 6.07 Å². The minimum Gasteiger partial charge on any atom is -0.370 e. The molecule has 0 aliphatic carbocycles. The Balaban J connectivity index is 2.28. The second kappa shape index (κ2) is 7.10. The molecule has 8 nitrogen and oxygen atoms in total. The topological polar surface area (TPSA) is 131 Å². The molecule has 0 spiro atoms. The van der Waals surface area contributed by atoms with Crippen molar-refractivity contribution in [2.45, 2.75) is 44.1 Å². The lowest BCUT2D eigenvalue weighted by atomic mass is 10.1. The van der Waals surface area contributed by atoms with E-state index in [2.05, 4.69) is 4.98 Å². The molecule has 1 atom stereocenters. The average molecular weight is 394 g/mol. The van der Waals surface area contributed by atoms with Gasteiger partial charge in [-0.15, -0.1) is 0 Å². The Hall–Kier alpha value is -2.75. The first-order valence-electron chi connectivity index (χ1n) is 7.67. The summed E-state index contributed by atoms with van der Waals surface area (Å²) in [6, 6.07) is 0.230. The van der Waals surface area contributed by atoms with Gasteiger partial charge in [-0.3, -0.25) is 9.59 Å². The van der Waals surface area contributed by atoms with Gasteiger partial charge in [0.25, 0.3) is 0 Å². The Labute approximate surface area is 149 Å². The first kappa shape index (κ1) is 20.6. The minimum atomic E-state index is -5.92. The summed E-state index contributed by atoms with van der Waals surface area (Å²) in [4.78, 5) is 27.4. The minimum absolute atomic E-state index is 0.0417. The van der Waals surface area contributed by atoms with Gasteiger partial charge in [0.15, 0.2) is 5.69 Å². The molecule has 1 aromatic heterocycles. The van der Waals surface area contributed by atoms with Gasteiger partial charge in [0.1, 0.15) is 17.6 Å². The highest BCUT2D eigenvalue weighted by atomic mass is 19.4. The number of imidazole rings is 1. The van der Waals surface area contributed by atoms with Crippen molar-refractivity contribution in [1.29, 1.82) is 5.26 Å². The van der Waals surface area contributed by atoms with Gasteiger partial charge < -0.3 is 20.9 Å². The number of nitrogens with two attached hydrogens (primary N) is 2. The molecule has 13 heteroatoms. The van der Waals surface area contributed by atoms with Crippen LogP contribution in [-0.2, 0) is 28.6 Å². The number of hydrogen-bond acceptors (Lipinski definition) is 5. The van der Waals surface area contributed by atoms with Crippen LogP contribution in [0.15, 0.2) is 0 Å². The van der Waals surface area contributed by atoms with Gasteiger partial charge in [-0.1, -0.05) is 0 Å². The van der Waals surface area contributed by atoms with E-state index in [0.29, 0.717) is 0 Å². The molecule has 1 aromatic rings. The van der Waals surface area contributed by atoms with E-state index < -0.39 is 47.9 Å². The second-order valence-electron chi connectivity index (χ2n) is 5.93. The number of primary amides is 1. The Kier molecular flexibility index (Phi) is 5.41. The molecule has 4 N–H and O–H groups in total. The van der Waals surface area contributed by atoms with Gasteiger partial charge in [0.05, 0.1) is 12.6 Å². The highest BCUT2D eigenvalue weighted by molar-refractivity contribution is 5.82. The number of rotatable bonds is 5. The molecule has 1 aliphatic rings. The summed E-state index contributed by atoms with van der Waals surface area (Å²) in [5.74, 6) is -6.89. The normalized spacial score (nSPS) is 15.8. The summed E-state index contributed by atoms with van der Waals surface area (Å²) in [5.41, 5.74) is 8.02. The van der Waals surface area contributed by atoms with Crippen LogP contribution < -0.4 is 11.5 Å². The van der Waals surface area contributed by atoms with Gasteiger partial charge >= 0.3 is 12.1 Å². The first-order valence-corrected chi connectivity index (χ1v) is 7.67. The van der Waals surface area contributed by atoms with Crippen molar-refractivity contribution < 1.29 is 31.5 Å². The molecular formula is C14H15F5N6O2. The fourth-order valence-electron chi connectivity index (χ4n) is 2.64. The van der Waals surface area contributed by atoms with Crippen molar-refractivity contribution in [3.05, 3.63) is 17.2 Å². The van der Waals surface area contributed by atoms with Crippen LogP contribution in [0.25, 0.3) is 0 Å². The average Bonchev–Trinajstić information content (AvgIpc) is 2.96. The summed E-state index contributed by atoms with van der Waals surface area (Å²) in [5, 5.41) is 9.02. The summed E-state index contributed by atoms with van der Waals surface area (Å²) < 4.78 is 66.1. The zero-order valence-electron chi connectivity index (χ0n) is 13.8. The molecule has 1 aliphatic heterocycles. The van der Waals surface area contributed by atoms with E-state index in [0.717, 1.165) is 9.47 Å². The zero-order valence-corrected chi connectivity index (χ0v) is 13.8. The highest BCUT2D eigenvalue weighted by Gasteiger charge is 2.62. The van der Waals surface area contributed by atoms with Gasteiger partial charge in [-0.25, -0.2) is 4.98 Å². The van der Waals surface area contributed by atoms with Crippen LogP contribution in [0.4, 0.5) is 22.0 Å². The van der Waals surface area contributed by atoms with Crippen LogP contribution in [0.2, 0.25) is 0 Å². The largest absolute Gasteiger partial charge is 0.459 e. The predicted molar refractivity (Wildman–Crippen MR) is 78.7 cm³/mol. The van der Waals surface area contributed by atoms with Crippen LogP contribution in [0, 0.1) is 11.3 Å². The Morgan fingerprint density at radius 2 is 1.89 bits per heavy atom. The summed E-state index contributed by atoms with van der Waals surface area (Å²) in [6.45, 7) is -0.669. The number of aromatic nitrogens is 2. The van der Waals surface area contributed by atoms with E-state index in [1.807, 2.05) is 0 Å². The third-order valence-electron chi connectivity index (χ3n) is 4.06. The summed E-state index contributed by atoms with van der Waals surface area (Å²) in [6.07, 6.45) is -6.11. The number of halogens is 5. The second-order valence-corrected chi connectivity index (χ2v) is 5.93. The van der Waals surface area contributed by atoms with Gasteiger partial charge in [-0.2, -0.15) is 27.2 Å². The summed E-state index contributed by atoms with van der Waals surface area (Å²) in [7, 11) is 0. The number of hydrogen-bond donors (Lipinski definition) is 2. The third-order valence-corrected chi connectivity index (χ3v) is 4.06. The van der Waals surface area contributed by atoms with Crippen molar-refractivity contribution in [1.82, 2.24) is 14.5 Å². The zero-order chi connectivity index (χ0) is 20.6. The first-order chi connectivity index (χ1) is 12.4. The molecule has 148 valence electrons. The number of amides is 2. The van der Waals surface area contributed by atoms with Gasteiger partial charge in [-0.05, 0) is 6.42 Å². The number of fused-ring (bicyclic) bond motifs is 1. The van der Waals surface area contributed by atoms with E-state index in [1.54, 1.807) is 0 Å².